The second-order valence-corrected chi connectivity index (χ2v) is 12.3. The van der Waals surface area contributed by atoms with Crippen molar-refractivity contribution in [2.75, 3.05) is 63.9 Å². The Morgan fingerprint density at radius 2 is 1.74 bits per heavy atom. The van der Waals surface area contributed by atoms with Crippen LogP contribution in [0.4, 0.5) is 5.82 Å². The number of thiol groups is 1. The lowest BCUT2D eigenvalue weighted by Gasteiger charge is -2.35. The number of benzene rings is 1. The van der Waals surface area contributed by atoms with Gasteiger partial charge in [-0.3, -0.25) is 14.6 Å². The van der Waals surface area contributed by atoms with Gasteiger partial charge in [-0.1, -0.05) is 23.2 Å². The summed E-state index contributed by atoms with van der Waals surface area (Å²) in [4.78, 5) is 27.9. The third-order valence-corrected chi connectivity index (χ3v) is 8.53. The van der Waals surface area contributed by atoms with Crippen molar-refractivity contribution in [3.05, 3.63) is 64.3 Å². The fraction of sp³-hybridized carbons (Fsp3) is 0.452. The van der Waals surface area contributed by atoms with E-state index in [2.05, 4.69) is 44.0 Å². The summed E-state index contributed by atoms with van der Waals surface area (Å²) in [6.45, 7) is 10.2. The Bertz CT molecular complexity index is 1350. The zero-order chi connectivity index (χ0) is 30.2. The molecule has 0 bridgehead atoms. The van der Waals surface area contributed by atoms with Gasteiger partial charge in [0.05, 0.1) is 18.5 Å². The zero-order valence-corrected chi connectivity index (χ0v) is 26.8. The summed E-state index contributed by atoms with van der Waals surface area (Å²) in [6, 6.07) is 13.4. The van der Waals surface area contributed by atoms with Crippen molar-refractivity contribution in [1.29, 1.82) is 0 Å². The van der Waals surface area contributed by atoms with Gasteiger partial charge in [-0.15, -0.1) is 0 Å². The number of piperazine rings is 1. The van der Waals surface area contributed by atoms with Crippen molar-refractivity contribution in [2.45, 2.75) is 26.3 Å². The molecule has 2 aromatic heterocycles. The van der Waals surface area contributed by atoms with Crippen LogP contribution in [0.1, 0.15) is 25.3 Å². The number of piperidine rings is 1. The monoisotopic (exact) mass is 644 g/mol. The first-order valence-electron chi connectivity index (χ1n) is 14.7. The maximum atomic E-state index is 11.3. The van der Waals surface area contributed by atoms with Crippen LogP contribution in [-0.2, 0) is 15.5 Å². The number of hydrogen-bond donors (Lipinski definition) is 2. The van der Waals surface area contributed by atoms with Crippen LogP contribution in [0.15, 0.2) is 48.7 Å². The maximum Gasteiger partial charge on any atom is 0.220 e. The summed E-state index contributed by atoms with van der Waals surface area (Å²) in [7, 11) is 0. The molecule has 3 aromatic rings. The van der Waals surface area contributed by atoms with E-state index in [9.17, 15) is 4.79 Å². The largest absolute Gasteiger partial charge is 0.437 e. The van der Waals surface area contributed by atoms with Crippen molar-refractivity contribution in [2.24, 2.45) is 5.92 Å². The lowest BCUT2D eigenvalue weighted by molar-refractivity contribution is -0.119. The predicted molar refractivity (Wildman–Crippen MR) is 174 cm³/mol. The lowest BCUT2D eigenvalue weighted by atomic mass is 9.96. The van der Waals surface area contributed by atoms with Crippen molar-refractivity contribution < 1.29 is 13.7 Å². The molecule has 1 amide bonds. The Labute approximate surface area is 269 Å². The molecular weight excluding hydrogens is 607 g/mol. The van der Waals surface area contributed by atoms with Gasteiger partial charge in [0.15, 0.2) is 0 Å². The SMILES string of the molecule is CC(=O)NCC1CCN(Cc2cc(Oc3ccc(N4CCN(CCOS)CC4)nc3)nc(-c3cc(Cl)cc(Cl)c3)c2)CC1. The number of carbonyl (C=O) groups is 1. The summed E-state index contributed by atoms with van der Waals surface area (Å²) in [6.07, 6.45) is 3.84. The van der Waals surface area contributed by atoms with Crippen molar-refractivity contribution in [1.82, 2.24) is 25.1 Å². The van der Waals surface area contributed by atoms with Crippen LogP contribution in [0, 0.1) is 5.92 Å². The minimum atomic E-state index is 0.0273. The predicted octanol–water partition coefficient (Wildman–Crippen LogP) is 5.57. The molecule has 0 saturated carbocycles. The van der Waals surface area contributed by atoms with Crippen molar-refractivity contribution >= 4 is 47.8 Å². The normalized spacial score (nSPS) is 16.8. The van der Waals surface area contributed by atoms with Gasteiger partial charge in [0.25, 0.3) is 0 Å². The molecule has 43 heavy (non-hydrogen) atoms. The third-order valence-electron chi connectivity index (χ3n) is 7.91. The van der Waals surface area contributed by atoms with E-state index in [4.69, 9.17) is 37.1 Å². The van der Waals surface area contributed by atoms with Crippen LogP contribution >= 0.6 is 36.1 Å². The Kier molecular flexibility index (Phi) is 11.4. The van der Waals surface area contributed by atoms with Crippen LogP contribution in [0.5, 0.6) is 11.6 Å². The smallest absolute Gasteiger partial charge is 0.220 e. The highest BCUT2D eigenvalue weighted by Gasteiger charge is 2.21. The van der Waals surface area contributed by atoms with Crippen LogP contribution < -0.4 is 15.0 Å². The van der Waals surface area contributed by atoms with Crippen molar-refractivity contribution in [3.63, 3.8) is 0 Å². The van der Waals surface area contributed by atoms with E-state index in [0.717, 1.165) is 94.4 Å². The van der Waals surface area contributed by atoms with E-state index < -0.39 is 0 Å². The molecule has 0 aliphatic carbocycles. The number of likely N-dealkylation sites (tertiary alicyclic amines) is 1. The quantitative estimate of drug-likeness (QED) is 0.207. The molecule has 0 unspecified atom stereocenters. The van der Waals surface area contributed by atoms with E-state index in [1.165, 1.54) is 0 Å². The van der Waals surface area contributed by atoms with Gasteiger partial charge in [-0.05, 0) is 86.7 Å². The number of nitrogens with zero attached hydrogens (tertiary/aromatic N) is 5. The number of hydrogen-bond acceptors (Lipinski definition) is 9. The van der Waals surface area contributed by atoms with Gasteiger partial charge in [-0.2, -0.15) is 0 Å². The lowest BCUT2D eigenvalue weighted by Crippen LogP contribution is -2.47. The fourth-order valence-corrected chi connectivity index (χ4v) is 6.17. The van der Waals surface area contributed by atoms with E-state index in [-0.39, 0.29) is 5.91 Å². The molecule has 0 spiro atoms. The molecule has 2 saturated heterocycles. The summed E-state index contributed by atoms with van der Waals surface area (Å²) < 4.78 is 11.2. The Hall–Kier alpha value is -2.60. The molecule has 12 heteroatoms. The van der Waals surface area contributed by atoms with E-state index in [1.807, 2.05) is 30.3 Å². The Morgan fingerprint density at radius 3 is 2.40 bits per heavy atom. The van der Waals surface area contributed by atoms with Crippen LogP contribution in [0.3, 0.4) is 0 Å². The number of anilines is 1. The molecule has 0 radical (unpaired) electrons. The molecule has 4 heterocycles. The minimum absolute atomic E-state index is 0.0273. The number of aromatic nitrogens is 2. The van der Waals surface area contributed by atoms with Gasteiger partial charge < -0.3 is 19.1 Å². The summed E-state index contributed by atoms with van der Waals surface area (Å²) in [5.74, 6) is 2.56. The summed E-state index contributed by atoms with van der Waals surface area (Å²) in [5.41, 5.74) is 2.65. The summed E-state index contributed by atoms with van der Waals surface area (Å²) in [5, 5.41) is 4.06. The van der Waals surface area contributed by atoms with Gasteiger partial charge >= 0.3 is 0 Å². The average molecular weight is 646 g/mol. The number of carbonyl (C=O) groups excluding carboxylic acids is 1. The number of halogens is 2. The van der Waals surface area contributed by atoms with Gasteiger partial charge in [0.1, 0.15) is 11.6 Å². The number of ether oxygens (including phenoxy) is 1. The van der Waals surface area contributed by atoms with Crippen LogP contribution in [0.2, 0.25) is 10.0 Å². The second-order valence-electron chi connectivity index (χ2n) is 11.1. The first-order valence-corrected chi connectivity index (χ1v) is 15.8. The topological polar surface area (TPSA) is 83.1 Å². The molecule has 2 aliphatic heterocycles. The Morgan fingerprint density at radius 1 is 1.00 bits per heavy atom. The number of nitrogens with one attached hydrogen (secondary N) is 1. The fourth-order valence-electron chi connectivity index (χ4n) is 5.56. The molecule has 230 valence electrons. The van der Waals surface area contributed by atoms with E-state index in [0.29, 0.717) is 34.2 Å². The number of pyridine rings is 2. The third kappa shape index (κ3) is 9.44. The summed E-state index contributed by atoms with van der Waals surface area (Å²) >= 11 is 16.5. The highest BCUT2D eigenvalue weighted by Crippen LogP contribution is 2.31. The zero-order valence-electron chi connectivity index (χ0n) is 24.3. The van der Waals surface area contributed by atoms with E-state index in [1.54, 1.807) is 19.2 Å². The number of rotatable bonds is 11. The standard InChI is InChI=1S/C31H38Cl2N6O3S/c1-22(40)34-19-23-4-6-38(7-5-23)21-24-14-29(25-16-26(32)18-27(33)17-25)36-31(15-24)42-28-2-3-30(35-20-28)39-10-8-37(9-11-39)12-13-41-43/h2-3,14-18,20,23,43H,4-13,19,21H2,1H3,(H,34,40). The number of amides is 1. The molecule has 1 N–H and O–H groups in total. The van der Waals surface area contributed by atoms with Crippen LogP contribution in [0.25, 0.3) is 11.3 Å². The molecule has 5 rings (SSSR count). The molecule has 1 aromatic carbocycles. The molecule has 0 atom stereocenters. The molecule has 2 fully saturated rings. The van der Waals surface area contributed by atoms with Crippen LogP contribution in [-0.4, -0.2) is 84.6 Å². The molecule has 9 nitrogen and oxygen atoms in total. The van der Waals surface area contributed by atoms with Gasteiger partial charge in [0, 0.05) is 74.4 Å². The highest BCUT2D eigenvalue weighted by atomic mass is 35.5. The van der Waals surface area contributed by atoms with Gasteiger partial charge in [-0.25, -0.2) is 9.97 Å². The molecule has 2 aliphatic rings. The first-order chi connectivity index (χ1) is 20.8. The average Bonchev–Trinajstić information content (AvgIpc) is 3.00. The van der Waals surface area contributed by atoms with Gasteiger partial charge in [0.2, 0.25) is 11.8 Å². The second kappa shape index (κ2) is 15.4. The minimum Gasteiger partial charge on any atom is -0.437 e. The van der Waals surface area contributed by atoms with E-state index >= 15 is 0 Å². The molecular formula is C31H38Cl2N6O3S. The van der Waals surface area contributed by atoms with Crippen molar-refractivity contribution in [3.8, 4) is 22.9 Å². The first kappa shape index (κ1) is 31.8. The Balaban J connectivity index is 1.28. The highest BCUT2D eigenvalue weighted by molar-refractivity contribution is 7.75. The maximum absolute atomic E-state index is 11.3.